The van der Waals surface area contributed by atoms with Gasteiger partial charge in [-0.3, -0.25) is 9.69 Å². The maximum absolute atomic E-state index is 11.6. The predicted octanol–water partition coefficient (Wildman–Crippen LogP) is 0.864. The van der Waals surface area contributed by atoms with Crippen LogP contribution in [-0.2, 0) is 11.8 Å². The first kappa shape index (κ1) is 14.5. The number of aryl methyl sites for hydroxylation is 1. The molecule has 0 aliphatic carbocycles. The van der Waals surface area contributed by atoms with Crippen molar-refractivity contribution in [2.24, 2.45) is 7.05 Å². The number of nitrogens with zero attached hydrogens (tertiary/aromatic N) is 4. The second-order valence-corrected chi connectivity index (χ2v) is 5.73. The Morgan fingerprint density at radius 2 is 1.89 bits per heavy atom. The summed E-state index contributed by atoms with van der Waals surface area (Å²) in [7, 11) is 3.92. The fraction of sp³-hybridized carbons (Fsp3) is 0.667. The van der Waals surface area contributed by atoms with Crippen LogP contribution in [0.3, 0.4) is 0 Å². The third-order valence-electron chi connectivity index (χ3n) is 3.67. The van der Waals surface area contributed by atoms with Crippen LogP contribution >= 0.6 is 15.9 Å². The Balaban J connectivity index is 2.30. The van der Waals surface area contributed by atoms with Crippen LogP contribution in [0, 0.1) is 6.92 Å². The van der Waals surface area contributed by atoms with Crippen molar-refractivity contribution < 1.29 is 9.90 Å². The number of carboxylic acids is 1. The summed E-state index contributed by atoms with van der Waals surface area (Å²) in [5, 5.41) is 9.54. The van der Waals surface area contributed by atoms with Crippen LogP contribution in [0.4, 0.5) is 0 Å². The Kier molecular flexibility index (Phi) is 4.27. The highest BCUT2D eigenvalue weighted by atomic mass is 79.9. The molecule has 6 nitrogen and oxygen atoms in total. The summed E-state index contributed by atoms with van der Waals surface area (Å²) in [6.45, 7) is 5.13. The van der Waals surface area contributed by atoms with E-state index in [2.05, 4.69) is 25.8 Å². The van der Waals surface area contributed by atoms with Crippen molar-refractivity contribution in [2.75, 3.05) is 33.2 Å². The molecular formula is C12H19BrN4O2. The highest BCUT2D eigenvalue weighted by molar-refractivity contribution is 9.10. The van der Waals surface area contributed by atoms with Gasteiger partial charge in [-0.05, 0) is 29.9 Å². The van der Waals surface area contributed by atoms with Crippen LogP contribution in [0.15, 0.2) is 4.60 Å². The number of likely N-dealkylation sites (N-methyl/N-ethyl adjacent to an activating group) is 1. The molecule has 1 fully saturated rings. The summed E-state index contributed by atoms with van der Waals surface area (Å²) in [4.78, 5) is 20.2. The van der Waals surface area contributed by atoms with Gasteiger partial charge in [-0.1, -0.05) is 0 Å². The van der Waals surface area contributed by atoms with Crippen molar-refractivity contribution in [2.45, 2.75) is 13.0 Å². The van der Waals surface area contributed by atoms with Crippen molar-refractivity contribution in [1.29, 1.82) is 0 Å². The lowest BCUT2D eigenvalue weighted by Gasteiger charge is -2.35. The lowest BCUT2D eigenvalue weighted by atomic mass is 10.1. The van der Waals surface area contributed by atoms with Crippen LogP contribution in [-0.4, -0.2) is 63.7 Å². The molecule has 1 saturated heterocycles. The molecule has 0 aromatic carbocycles. The Morgan fingerprint density at radius 1 is 1.32 bits per heavy atom. The van der Waals surface area contributed by atoms with Gasteiger partial charge in [-0.2, -0.15) is 0 Å². The number of aromatic nitrogens is 2. The topological polar surface area (TPSA) is 61.6 Å². The molecule has 1 aromatic heterocycles. The van der Waals surface area contributed by atoms with E-state index in [0.717, 1.165) is 36.6 Å². The number of hydrogen-bond donors (Lipinski definition) is 1. The summed E-state index contributed by atoms with van der Waals surface area (Å²) in [6, 6.07) is -0.678. The van der Waals surface area contributed by atoms with Gasteiger partial charge in [0.2, 0.25) is 0 Å². The molecule has 1 aromatic rings. The summed E-state index contributed by atoms with van der Waals surface area (Å²) < 4.78 is 2.61. The predicted molar refractivity (Wildman–Crippen MR) is 75.1 cm³/mol. The molecule has 106 valence electrons. The fourth-order valence-electron chi connectivity index (χ4n) is 2.31. The van der Waals surface area contributed by atoms with E-state index >= 15 is 0 Å². The average molecular weight is 331 g/mol. The molecule has 0 bridgehead atoms. The van der Waals surface area contributed by atoms with Crippen LogP contribution in [0.2, 0.25) is 0 Å². The fourth-order valence-corrected chi connectivity index (χ4v) is 2.87. The Hall–Kier alpha value is -0.920. The molecular weight excluding hydrogens is 312 g/mol. The number of halogens is 1. The van der Waals surface area contributed by atoms with Gasteiger partial charge in [0, 0.05) is 33.2 Å². The molecule has 1 N–H and O–H groups in total. The van der Waals surface area contributed by atoms with Gasteiger partial charge in [0.15, 0.2) is 6.04 Å². The number of carboxylic acid groups (broad SMARTS) is 1. The second kappa shape index (κ2) is 5.60. The quantitative estimate of drug-likeness (QED) is 0.890. The molecule has 7 heteroatoms. The lowest BCUT2D eigenvalue weighted by molar-refractivity contribution is -0.144. The van der Waals surface area contributed by atoms with Crippen molar-refractivity contribution in [3.8, 4) is 0 Å². The molecule has 2 heterocycles. The lowest BCUT2D eigenvalue weighted by Crippen LogP contribution is -2.48. The first-order valence-corrected chi connectivity index (χ1v) is 7.05. The third kappa shape index (κ3) is 2.82. The van der Waals surface area contributed by atoms with Crippen molar-refractivity contribution >= 4 is 21.9 Å². The molecule has 1 atom stereocenters. The third-order valence-corrected chi connectivity index (χ3v) is 4.61. The van der Waals surface area contributed by atoms with Crippen LogP contribution < -0.4 is 0 Å². The van der Waals surface area contributed by atoms with Crippen LogP contribution in [0.25, 0.3) is 0 Å². The number of aliphatic carboxylic acids is 1. The van der Waals surface area contributed by atoms with Gasteiger partial charge in [-0.25, -0.2) is 4.98 Å². The highest BCUT2D eigenvalue weighted by Crippen LogP contribution is 2.28. The van der Waals surface area contributed by atoms with E-state index in [-0.39, 0.29) is 0 Å². The first-order chi connectivity index (χ1) is 8.91. The molecule has 19 heavy (non-hydrogen) atoms. The summed E-state index contributed by atoms with van der Waals surface area (Å²) in [5.41, 5.74) is 0.594. The molecule has 1 unspecified atom stereocenters. The molecule has 1 aliphatic rings. The number of rotatable bonds is 3. The van der Waals surface area contributed by atoms with E-state index in [9.17, 15) is 9.90 Å². The zero-order chi connectivity index (χ0) is 14.2. The van der Waals surface area contributed by atoms with E-state index in [1.54, 1.807) is 0 Å². The minimum atomic E-state index is -0.844. The van der Waals surface area contributed by atoms with Crippen LogP contribution in [0.5, 0.6) is 0 Å². The number of carbonyl (C=O) groups is 1. The SMILES string of the molecule is Cc1nc(C(C(=O)O)N2CCN(C)CC2)c(Br)n1C. The van der Waals surface area contributed by atoms with Crippen molar-refractivity contribution in [3.63, 3.8) is 0 Å². The summed E-state index contributed by atoms with van der Waals surface area (Å²) >= 11 is 3.45. The standard InChI is InChI=1S/C12H19BrN4O2/c1-8-14-9(11(13)16(8)3)10(12(18)19)17-6-4-15(2)5-7-17/h10H,4-7H2,1-3H3,(H,18,19). The molecule has 1 aliphatic heterocycles. The number of imidazole rings is 1. The minimum absolute atomic E-state index is 0.594. The summed E-state index contributed by atoms with van der Waals surface area (Å²) in [6.07, 6.45) is 0. The normalized spacial score (nSPS) is 19.6. The number of hydrogen-bond acceptors (Lipinski definition) is 4. The second-order valence-electron chi connectivity index (χ2n) is 4.97. The maximum Gasteiger partial charge on any atom is 0.327 e. The maximum atomic E-state index is 11.6. The summed E-state index contributed by atoms with van der Waals surface area (Å²) in [5.74, 6) is -0.0365. The van der Waals surface area contributed by atoms with E-state index in [0.29, 0.717) is 5.69 Å². The molecule has 0 saturated carbocycles. The minimum Gasteiger partial charge on any atom is -0.480 e. The Bertz CT molecular complexity index is 480. The Morgan fingerprint density at radius 3 is 2.32 bits per heavy atom. The molecule has 0 amide bonds. The van der Waals surface area contributed by atoms with E-state index < -0.39 is 12.0 Å². The van der Waals surface area contributed by atoms with Gasteiger partial charge in [-0.15, -0.1) is 0 Å². The van der Waals surface area contributed by atoms with Gasteiger partial charge >= 0.3 is 5.97 Å². The zero-order valence-electron chi connectivity index (χ0n) is 11.4. The zero-order valence-corrected chi connectivity index (χ0v) is 13.0. The first-order valence-electron chi connectivity index (χ1n) is 6.26. The van der Waals surface area contributed by atoms with E-state index in [1.165, 1.54) is 0 Å². The van der Waals surface area contributed by atoms with Gasteiger partial charge < -0.3 is 14.6 Å². The highest BCUT2D eigenvalue weighted by Gasteiger charge is 2.33. The van der Waals surface area contributed by atoms with Gasteiger partial charge in [0.1, 0.15) is 16.1 Å². The van der Waals surface area contributed by atoms with Crippen molar-refractivity contribution in [3.05, 3.63) is 16.1 Å². The molecule has 0 spiro atoms. The van der Waals surface area contributed by atoms with Crippen molar-refractivity contribution in [1.82, 2.24) is 19.4 Å². The Labute approximate surface area is 121 Å². The van der Waals surface area contributed by atoms with Crippen LogP contribution in [0.1, 0.15) is 17.6 Å². The monoisotopic (exact) mass is 330 g/mol. The molecule has 2 rings (SSSR count). The van der Waals surface area contributed by atoms with E-state index in [1.807, 2.05) is 30.5 Å². The average Bonchev–Trinajstić information content (AvgIpc) is 2.60. The largest absolute Gasteiger partial charge is 0.480 e. The van der Waals surface area contributed by atoms with Gasteiger partial charge in [0.25, 0.3) is 0 Å². The van der Waals surface area contributed by atoms with Gasteiger partial charge in [0.05, 0.1) is 0 Å². The number of piperazine rings is 1. The smallest absolute Gasteiger partial charge is 0.327 e. The molecule has 0 radical (unpaired) electrons. The van der Waals surface area contributed by atoms with E-state index in [4.69, 9.17) is 0 Å².